The second-order valence-corrected chi connectivity index (χ2v) is 9.00. The Kier molecular flexibility index (Phi) is 4.10. The molecule has 1 N–H and O–H groups in total. The maximum atomic E-state index is 13.1. The zero-order chi connectivity index (χ0) is 19.3. The summed E-state index contributed by atoms with van der Waals surface area (Å²) in [5, 5.41) is 7.21. The molecule has 2 atom stereocenters. The van der Waals surface area contributed by atoms with Crippen molar-refractivity contribution in [2.24, 2.45) is 10.8 Å². The highest BCUT2D eigenvalue weighted by Gasteiger charge is 2.75. The molecule has 0 radical (unpaired) electrons. The van der Waals surface area contributed by atoms with Crippen LogP contribution < -0.4 is 5.32 Å². The molecule has 1 aromatic carbocycles. The van der Waals surface area contributed by atoms with Crippen LogP contribution in [-0.4, -0.2) is 27.3 Å². The molecule has 7 heteroatoms. The lowest BCUT2D eigenvalue weighted by molar-refractivity contribution is -0.165. The normalized spacial score (nSPS) is 28.2. The van der Waals surface area contributed by atoms with Gasteiger partial charge in [-0.15, -0.1) is 11.8 Å². The van der Waals surface area contributed by atoms with Crippen molar-refractivity contribution in [3.63, 3.8) is 0 Å². The van der Waals surface area contributed by atoms with Gasteiger partial charge in [0.05, 0.1) is 23.2 Å². The van der Waals surface area contributed by atoms with Gasteiger partial charge in [0.1, 0.15) is 0 Å². The van der Waals surface area contributed by atoms with E-state index in [0.29, 0.717) is 24.4 Å². The minimum Gasteiger partial charge on any atom is -0.448 e. The van der Waals surface area contributed by atoms with Crippen LogP contribution in [0.1, 0.15) is 33.6 Å². The molecule has 2 fully saturated rings. The van der Waals surface area contributed by atoms with Crippen LogP contribution in [0, 0.1) is 10.8 Å². The summed E-state index contributed by atoms with van der Waals surface area (Å²) in [6.45, 7) is 5.80. The fraction of sp³-hybridized carbons (Fsp3) is 0.450. The molecule has 1 aliphatic heterocycles. The number of carbonyl (C=O) groups excluding carboxylic acids is 2. The molecule has 2 bridgehead atoms. The molecule has 1 aromatic heterocycles. The summed E-state index contributed by atoms with van der Waals surface area (Å²) in [4.78, 5) is 26.5. The van der Waals surface area contributed by atoms with Crippen molar-refractivity contribution in [3.8, 4) is 0 Å². The van der Waals surface area contributed by atoms with Crippen molar-refractivity contribution in [2.45, 2.75) is 50.0 Å². The fourth-order valence-corrected chi connectivity index (χ4v) is 4.91. The molecule has 1 amide bonds. The van der Waals surface area contributed by atoms with Crippen LogP contribution in [0.5, 0.6) is 0 Å². The van der Waals surface area contributed by atoms with Gasteiger partial charge in [-0.25, -0.2) is 0 Å². The minimum absolute atomic E-state index is 0.266. The number of aromatic nitrogens is 2. The number of esters is 1. The van der Waals surface area contributed by atoms with E-state index in [2.05, 4.69) is 10.4 Å². The van der Waals surface area contributed by atoms with Gasteiger partial charge in [0, 0.05) is 16.5 Å². The molecule has 0 spiro atoms. The third kappa shape index (κ3) is 2.59. The van der Waals surface area contributed by atoms with Gasteiger partial charge < -0.3 is 10.1 Å². The summed E-state index contributed by atoms with van der Waals surface area (Å²) in [6.07, 6.45) is 4.63. The Morgan fingerprint density at radius 1 is 1.26 bits per heavy atom. The van der Waals surface area contributed by atoms with Crippen LogP contribution >= 0.6 is 11.8 Å². The standard InChI is InChI=1S/C20H23N3O3S/c1-18(2)19(3)9-10-20(18,26-17(19)25)16(24)22-14-11-21-23(12-14)13-27-15-7-5-4-6-8-15/h4-8,11-12H,9-10,13H2,1-3H3,(H,22,24)/t19-,20+/m0/s1. The van der Waals surface area contributed by atoms with Gasteiger partial charge >= 0.3 is 5.97 Å². The second kappa shape index (κ2) is 6.12. The molecule has 1 saturated carbocycles. The zero-order valence-electron chi connectivity index (χ0n) is 15.7. The predicted molar refractivity (Wildman–Crippen MR) is 103 cm³/mol. The third-order valence-electron chi connectivity index (χ3n) is 6.45. The molecule has 4 rings (SSSR count). The average Bonchev–Trinajstić information content (AvgIpc) is 3.22. The lowest BCUT2D eigenvalue weighted by Crippen LogP contribution is -2.50. The fourth-order valence-electron chi connectivity index (χ4n) is 4.14. The molecule has 2 heterocycles. The molecule has 0 unspecified atom stereocenters. The largest absolute Gasteiger partial charge is 0.448 e. The van der Waals surface area contributed by atoms with Gasteiger partial charge in [-0.2, -0.15) is 5.10 Å². The Hall–Kier alpha value is -2.28. The second-order valence-electron chi connectivity index (χ2n) is 7.98. The van der Waals surface area contributed by atoms with Crippen LogP contribution in [0.15, 0.2) is 47.6 Å². The number of nitrogens with zero attached hydrogens (tertiary/aromatic N) is 2. The van der Waals surface area contributed by atoms with Crippen LogP contribution in [0.4, 0.5) is 5.69 Å². The van der Waals surface area contributed by atoms with E-state index in [1.54, 1.807) is 28.8 Å². The number of hydrogen-bond donors (Lipinski definition) is 1. The lowest BCUT2D eigenvalue weighted by atomic mass is 9.66. The molecular weight excluding hydrogens is 362 g/mol. The molecular formula is C20H23N3O3S. The van der Waals surface area contributed by atoms with E-state index >= 15 is 0 Å². The highest BCUT2D eigenvalue weighted by atomic mass is 32.2. The summed E-state index contributed by atoms with van der Waals surface area (Å²) in [5.41, 5.74) is -1.67. The Morgan fingerprint density at radius 2 is 2.00 bits per heavy atom. The quantitative estimate of drug-likeness (QED) is 0.628. The van der Waals surface area contributed by atoms with Gasteiger partial charge in [-0.05, 0) is 31.9 Å². The van der Waals surface area contributed by atoms with E-state index in [-0.39, 0.29) is 11.9 Å². The third-order valence-corrected chi connectivity index (χ3v) is 7.45. The van der Waals surface area contributed by atoms with Crippen LogP contribution in [-0.2, 0) is 20.2 Å². The van der Waals surface area contributed by atoms with E-state index in [0.717, 1.165) is 4.90 Å². The van der Waals surface area contributed by atoms with Crippen molar-refractivity contribution in [1.29, 1.82) is 0 Å². The molecule has 6 nitrogen and oxygen atoms in total. The minimum atomic E-state index is -1.11. The highest BCUT2D eigenvalue weighted by Crippen LogP contribution is 2.65. The number of anilines is 1. The van der Waals surface area contributed by atoms with Crippen LogP contribution in [0.25, 0.3) is 0 Å². The Labute approximate surface area is 162 Å². The lowest BCUT2D eigenvalue weighted by Gasteiger charge is -2.35. The number of amides is 1. The van der Waals surface area contributed by atoms with Gasteiger partial charge in [-0.3, -0.25) is 14.3 Å². The SMILES string of the molecule is CC1(C)[C@@]2(C)CC[C@]1(C(=O)Nc1cnn(CSc3ccccc3)c1)OC2=O. The van der Waals surface area contributed by atoms with Gasteiger partial charge in [0.2, 0.25) is 0 Å². The van der Waals surface area contributed by atoms with E-state index in [4.69, 9.17) is 4.74 Å². The Bertz CT molecular complexity index is 895. The Balaban J connectivity index is 1.45. The van der Waals surface area contributed by atoms with E-state index in [9.17, 15) is 9.59 Å². The van der Waals surface area contributed by atoms with E-state index in [1.165, 1.54) is 0 Å². The van der Waals surface area contributed by atoms with Crippen LogP contribution in [0.2, 0.25) is 0 Å². The maximum Gasteiger partial charge on any atom is 0.313 e. The number of fused-ring (bicyclic) bond motifs is 2. The number of carbonyl (C=O) groups is 2. The molecule has 2 aliphatic rings. The first-order valence-corrected chi connectivity index (χ1v) is 10.0. The highest BCUT2D eigenvalue weighted by molar-refractivity contribution is 7.98. The van der Waals surface area contributed by atoms with Crippen molar-refractivity contribution >= 4 is 29.3 Å². The maximum absolute atomic E-state index is 13.1. The first kappa shape index (κ1) is 18.1. The number of rotatable bonds is 5. The molecule has 2 aromatic rings. The van der Waals surface area contributed by atoms with Crippen molar-refractivity contribution in [2.75, 3.05) is 5.32 Å². The topological polar surface area (TPSA) is 73.2 Å². The van der Waals surface area contributed by atoms with E-state index < -0.39 is 16.4 Å². The van der Waals surface area contributed by atoms with Crippen molar-refractivity contribution in [3.05, 3.63) is 42.7 Å². The van der Waals surface area contributed by atoms with Crippen molar-refractivity contribution in [1.82, 2.24) is 9.78 Å². The summed E-state index contributed by atoms with van der Waals surface area (Å²) in [5.74, 6) is 0.102. The van der Waals surface area contributed by atoms with Crippen molar-refractivity contribution < 1.29 is 14.3 Å². The molecule has 27 heavy (non-hydrogen) atoms. The van der Waals surface area contributed by atoms with E-state index in [1.807, 2.05) is 51.1 Å². The van der Waals surface area contributed by atoms with Gasteiger partial charge in [0.25, 0.3) is 5.91 Å². The number of benzene rings is 1. The first-order chi connectivity index (χ1) is 12.8. The first-order valence-electron chi connectivity index (χ1n) is 9.04. The average molecular weight is 385 g/mol. The number of nitrogens with one attached hydrogen (secondary N) is 1. The monoisotopic (exact) mass is 385 g/mol. The summed E-state index contributed by atoms with van der Waals surface area (Å²) >= 11 is 1.66. The number of thioether (sulfide) groups is 1. The summed E-state index contributed by atoms with van der Waals surface area (Å²) < 4.78 is 7.40. The predicted octanol–water partition coefficient (Wildman–Crippen LogP) is 3.69. The molecule has 1 saturated heterocycles. The molecule has 1 aliphatic carbocycles. The van der Waals surface area contributed by atoms with Gasteiger partial charge in [-0.1, -0.05) is 32.0 Å². The van der Waals surface area contributed by atoms with Crippen LogP contribution in [0.3, 0.4) is 0 Å². The smallest absolute Gasteiger partial charge is 0.313 e. The van der Waals surface area contributed by atoms with Gasteiger partial charge in [0.15, 0.2) is 5.60 Å². The Morgan fingerprint density at radius 3 is 2.63 bits per heavy atom. The number of hydrogen-bond acceptors (Lipinski definition) is 5. The summed E-state index contributed by atoms with van der Waals surface area (Å²) in [7, 11) is 0. The number of ether oxygens (including phenoxy) is 1. The molecule has 142 valence electrons. The summed E-state index contributed by atoms with van der Waals surface area (Å²) in [6, 6.07) is 10.1. The zero-order valence-corrected chi connectivity index (χ0v) is 16.5.